The predicted octanol–water partition coefficient (Wildman–Crippen LogP) is 18.4. The zero-order chi connectivity index (χ0) is 78.0. The van der Waals surface area contributed by atoms with Gasteiger partial charge in [0.15, 0.2) is 21.1 Å². The van der Waals surface area contributed by atoms with Gasteiger partial charge in [0.2, 0.25) is 0 Å². The molecular weight excluding hydrogens is 1680 g/mol. The maximum atomic E-state index is 11.1. The number of carbonyl (C=O) groups excluding carboxylic acids is 1. The Morgan fingerprint density at radius 2 is 0.856 bits per heavy atom. The van der Waals surface area contributed by atoms with Crippen LogP contribution in [0.3, 0.4) is 0 Å². The van der Waals surface area contributed by atoms with Gasteiger partial charge in [-0.15, -0.1) is 73.7 Å². The largest absolute Gasteiger partial charge is 0.392 e. The van der Waals surface area contributed by atoms with Crippen molar-refractivity contribution in [2.45, 2.75) is 138 Å². The summed E-state index contributed by atoms with van der Waals surface area (Å²) in [6.45, 7) is 1.97. The lowest BCUT2D eigenvalue weighted by molar-refractivity contribution is -0.385. The molecule has 0 aliphatic heterocycles. The second-order valence-corrected chi connectivity index (χ2v) is 32.7. The van der Waals surface area contributed by atoms with E-state index < -0.39 is 14.8 Å². The number of anilines is 1. The average molecular weight is 1760 g/mol. The van der Waals surface area contributed by atoms with Gasteiger partial charge in [0.25, 0.3) is 22.7 Å². The molecule has 4 aliphatic carbocycles. The summed E-state index contributed by atoms with van der Waals surface area (Å²) in [7, 11) is 0. The average Bonchev–Trinajstić information content (AvgIpc) is 1.70. The predicted molar refractivity (Wildman–Crippen MR) is 455 cm³/mol. The third-order valence-corrected chi connectivity index (χ3v) is 23.6. The quantitative estimate of drug-likeness (QED) is 0.00787. The molecule has 4 atom stereocenters. The van der Waals surface area contributed by atoms with Crippen molar-refractivity contribution in [3.8, 4) is 11.3 Å². The van der Waals surface area contributed by atoms with Gasteiger partial charge < -0.3 is 38.3 Å². The zero-order valence-corrected chi connectivity index (χ0v) is 68.8. The number of alkyl halides is 1. The van der Waals surface area contributed by atoms with Crippen molar-refractivity contribution in [3.63, 3.8) is 0 Å². The summed E-state index contributed by atoms with van der Waals surface area (Å²) in [5.41, 5.74) is 30.0. The summed E-state index contributed by atoms with van der Waals surface area (Å²) >= 11 is 21.3. The van der Waals surface area contributed by atoms with E-state index in [1.807, 2.05) is 77.0 Å². The molecule has 34 heteroatoms. The van der Waals surface area contributed by atoms with Crippen LogP contribution < -0.4 is 33.2 Å². The number of non-ortho nitro benzene ring substituents is 4. The highest BCUT2D eigenvalue weighted by atomic mass is 79.9. The number of carbonyl (C=O) groups is 1. The van der Waals surface area contributed by atoms with Gasteiger partial charge in [0.1, 0.15) is 0 Å². The number of rotatable bonds is 28. The summed E-state index contributed by atoms with van der Waals surface area (Å²) in [6, 6.07) is 41.0. The number of nitro groups is 4. The normalized spacial score (nSPS) is 14.3. The number of aryl methyl sites for hydroxylation is 1. The van der Waals surface area contributed by atoms with Gasteiger partial charge >= 0.3 is 0 Å². The summed E-state index contributed by atoms with van der Waals surface area (Å²) in [6.07, 6.45) is 12.2. The van der Waals surface area contributed by atoms with Crippen molar-refractivity contribution in [2.75, 3.05) is 10.6 Å². The Labute approximate surface area is 689 Å². The lowest BCUT2D eigenvalue weighted by Crippen LogP contribution is -2.34. The van der Waals surface area contributed by atoms with Gasteiger partial charge in [0, 0.05) is 110 Å². The molecule has 4 aliphatic rings. The number of nitro benzene ring substituents is 4. The molecule has 0 bridgehead atoms. The Hall–Kier alpha value is -9.20. The fraction of sp³-hybridized carbons (Fsp3) is 0.299. The third kappa shape index (κ3) is 25.7. The monoisotopic (exact) mass is 1760 g/mol. The number of ketones is 1. The van der Waals surface area contributed by atoms with E-state index in [-0.39, 0.29) is 91.4 Å². The molecule has 0 amide bonds. The van der Waals surface area contributed by atoms with Crippen LogP contribution in [-0.2, 0) is 32.3 Å². The van der Waals surface area contributed by atoms with Crippen LogP contribution in [0.5, 0.6) is 0 Å². The Morgan fingerprint density at radius 3 is 1.22 bits per heavy atom. The van der Waals surface area contributed by atoms with Crippen LogP contribution >= 0.6 is 114 Å². The van der Waals surface area contributed by atoms with E-state index in [0.29, 0.717) is 54.7 Å². The first-order valence-corrected chi connectivity index (χ1v) is 41.6. The van der Waals surface area contributed by atoms with E-state index in [2.05, 4.69) is 42.2 Å². The van der Waals surface area contributed by atoms with Crippen LogP contribution in [0.4, 0.5) is 27.9 Å². The van der Waals surface area contributed by atoms with E-state index in [1.54, 1.807) is 106 Å². The maximum Gasteiger partial charge on any atom is 0.269 e. The number of hydrogen-bond donors (Lipinski definition) is 7. The number of nitrogens with one attached hydrogen (secondary N) is 3. The standard InChI is InChI=1S/C24H22N4O3S2.2C15H16N4O2S2.C14H15N3O2S.C9H9BrO.BrH/c29-12-16-2-1-3-18(10-16)21-13-33-24(27-21)26-20(22-14-32-23(25-22)17-6-7-17)11-15-4-8-19(9-5-15)28(30)31;2*16-15(22)18-12(13-8-23-14(17-13)10-3-4-10)7-9-1-5-11(6-2-9)19(20)21;15-12(13-8-20-14(16-13)10-3-4-10)7-9-1-5-11(6-2-9)17(18)19;1-7-3-2-4-8(5-7)9(11)6-10;/h1-5,8-10,13-14,17,20,29H,6-7,11-12H2,(H,26,27);2*1-2,5-6,8,10,12H,3-4,7H2,(H3,16,18,22);1-2,5-6,8,10,12H,3-4,7,15H2;2-5H,6H2,1H3;1H/t20-;3*12-;;/m0000../s1. The van der Waals surface area contributed by atoms with Gasteiger partial charge in [-0.25, -0.2) is 24.9 Å². The number of aliphatic hydroxyl groups is 1. The highest BCUT2D eigenvalue weighted by Crippen LogP contribution is 2.45. The van der Waals surface area contributed by atoms with Crippen LogP contribution in [-0.4, -0.2) is 71.1 Å². The number of nitrogens with two attached hydrogens (primary N) is 3. The first-order chi connectivity index (χ1) is 53.0. The SMILES string of the molecule is Br.Cc1cccc(C(=O)CBr)c1.NC(=S)N[C@@H](Cc1ccc([N+](=O)[O-])cc1)c1csc(C2CC2)n1.NC(=S)N[C@@H](Cc1ccc([N+](=O)[O-])cc1)c1csc(C2CC2)n1.N[C@@H](Cc1ccc([N+](=O)[O-])cc1)c1csc(C2CC2)n1.O=[N+]([O-])c1ccc(C[C@H](Nc2nc(-c3cccc(CO)c3)cs2)c2csc(C3CC3)n2)cc1. The van der Waals surface area contributed by atoms with Gasteiger partial charge in [-0.1, -0.05) is 106 Å². The Morgan fingerprint density at radius 1 is 0.495 bits per heavy atom. The Balaban J connectivity index is 0.000000152. The van der Waals surface area contributed by atoms with Crippen LogP contribution in [0.15, 0.2) is 172 Å². The molecule has 10 N–H and O–H groups in total. The molecule has 4 fully saturated rings. The first-order valence-electron chi connectivity index (χ1n) is 35.2. The number of benzene rings is 6. The molecule has 0 radical (unpaired) electrons. The molecule has 11 aromatic rings. The minimum atomic E-state index is -0.406. The highest BCUT2D eigenvalue weighted by Gasteiger charge is 2.32. The van der Waals surface area contributed by atoms with E-state index in [1.165, 1.54) is 119 Å². The van der Waals surface area contributed by atoms with E-state index in [9.17, 15) is 50.4 Å². The third-order valence-electron chi connectivity index (χ3n) is 18.0. The molecule has 0 unspecified atom stereocenters. The van der Waals surface area contributed by atoms with Crippen molar-refractivity contribution >= 4 is 158 Å². The van der Waals surface area contributed by atoms with Gasteiger partial charge in [-0.3, -0.25) is 45.3 Å². The van der Waals surface area contributed by atoms with Crippen molar-refractivity contribution in [3.05, 3.63) is 295 Å². The number of halogens is 2. The molecule has 111 heavy (non-hydrogen) atoms. The van der Waals surface area contributed by atoms with Gasteiger partial charge in [-0.05, 0) is 148 Å². The highest BCUT2D eigenvalue weighted by molar-refractivity contribution is 9.09. The number of hydrogen-bond acceptors (Lipinski definition) is 24. The summed E-state index contributed by atoms with van der Waals surface area (Å²) in [4.78, 5) is 76.2. The van der Waals surface area contributed by atoms with Crippen molar-refractivity contribution in [1.82, 2.24) is 35.6 Å². The molecule has 5 heterocycles. The van der Waals surface area contributed by atoms with Crippen molar-refractivity contribution < 1.29 is 29.6 Å². The fourth-order valence-corrected chi connectivity index (χ4v) is 17.0. The van der Waals surface area contributed by atoms with Crippen molar-refractivity contribution in [2.24, 2.45) is 17.2 Å². The number of thiocarbonyl (C=S) groups is 2. The zero-order valence-electron chi connectivity index (χ0n) is 59.8. The number of aliphatic hydroxyl groups excluding tert-OH is 1. The second kappa shape index (κ2) is 40.3. The minimum absolute atomic E-state index is 0. The van der Waals surface area contributed by atoms with Crippen LogP contribution in [0, 0.1) is 47.4 Å². The Bertz CT molecular complexity index is 4870. The molecule has 4 saturated carbocycles. The summed E-state index contributed by atoms with van der Waals surface area (Å²) in [5.74, 6) is 2.60. The number of thiazole rings is 5. The molecular formula is C77H79Br2N15O10S7. The smallest absolute Gasteiger partial charge is 0.269 e. The molecule has 5 aromatic heterocycles. The van der Waals surface area contributed by atoms with Gasteiger partial charge in [0.05, 0.1) is 104 Å². The van der Waals surface area contributed by atoms with E-state index >= 15 is 0 Å². The topological polar surface area (TPSA) is 388 Å². The molecule has 0 saturated heterocycles. The summed E-state index contributed by atoms with van der Waals surface area (Å²) in [5, 5.41) is 78.7. The molecule has 25 nitrogen and oxygen atoms in total. The summed E-state index contributed by atoms with van der Waals surface area (Å²) < 4.78 is 0. The molecule has 6 aromatic carbocycles. The number of Topliss-reactive ketones (excluding diaryl/α,β-unsaturated/α-hetero) is 1. The first kappa shape index (κ1) is 84.3. The fourth-order valence-electron chi connectivity index (χ4n) is 11.4. The van der Waals surface area contributed by atoms with Crippen LogP contribution in [0.25, 0.3) is 11.3 Å². The lowest BCUT2D eigenvalue weighted by Gasteiger charge is -2.17. The van der Waals surface area contributed by atoms with Crippen LogP contribution in [0.2, 0.25) is 0 Å². The second-order valence-electron chi connectivity index (χ2n) is 26.8. The maximum absolute atomic E-state index is 11.1. The van der Waals surface area contributed by atoms with E-state index in [4.69, 9.17) is 61.6 Å². The molecule has 578 valence electrons. The minimum Gasteiger partial charge on any atom is -0.392 e. The Kier molecular flexibility index (Phi) is 30.6. The van der Waals surface area contributed by atoms with E-state index in [0.717, 1.165) is 78.1 Å². The number of aromatic nitrogens is 5. The lowest BCUT2D eigenvalue weighted by atomic mass is 10.0. The van der Waals surface area contributed by atoms with Gasteiger partial charge in [-0.2, -0.15) is 0 Å². The molecule has 0 spiro atoms. The van der Waals surface area contributed by atoms with Crippen molar-refractivity contribution in [1.29, 1.82) is 0 Å². The molecule has 15 rings (SSSR count). The van der Waals surface area contributed by atoms with Crippen LogP contribution in [0.1, 0.15) is 186 Å². The number of nitrogens with zero attached hydrogens (tertiary/aromatic N) is 9.